The van der Waals surface area contributed by atoms with Gasteiger partial charge in [0.15, 0.2) is 0 Å². The fraction of sp³-hybridized carbons (Fsp3) is 0.500. The molecule has 9 heteroatoms. The average molecular weight is 442 g/mol. The molecule has 1 fully saturated rings. The van der Waals surface area contributed by atoms with Gasteiger partial charge in [-0.25, -0.2) is 9.97 Å². The second-order valence-electron chi connectivity index (χ2n) is 8.25. The van der Waals surface area contributed by atoms with Crippen LogP contribution in [0.5, 0.6) is 0 Å². The lowest BCUT2D eigenvalue weighted by atomic mass is 10.0. The molecule has 0 unspecified atom stereocenters. The molecular formula is C22H34F3N5O. The highest BCUT2D eigenvalue weighted by Crippen LogP contribution is 2.34. The summed E-state index contributed by atoms with van der Waals surface area (Å²) in [4.78, 5) is 23.2. The molecule has 0 bridgehead atoms. The summed E-state index contributed by atoms with van der Waals surface area (Å²) in [6.45, 7) is 8.00. The average Bonchev–Trinajstić information content (AvgIpc) is 2.72. The summed E-state index contributed by atoms with van der Waals surface area (Å²) < 4.78 is 41.1. The van der Waals surface area contributed by atoms with E-state index in [9.17, 15) is 18.0 Å². The number of carbonyl (C=O) groups excluding carboxylic acids is 1. The molecule has 0 spiro atoms. The van der Waals surface area contributed by atoms with Gasteiger partial charge in [-0.1, -0.05) is 20.8 Å². The lowest BCUT2D eigenvalue weighted by Gasteiger charge is -2.35. The van der Waals surface area contributed by atoms with Crippen molar-refractivity contribution in [2.45, 2.75) is 45.8 Å². The molecular weight excluding hydrogens is 407 g/mol. The predicted octanol–water partition coefficient (Wildman–Crippen LogP) is 4.43. The summed E-state index contributed by atoms with van der Waals surface area (Å²) in [6, 6.07) is 3.96. The van der Waals surface area contributed by atoms with E-state index < -0.39 is 23.2 Å². The number of nitrogens with two attached hydrogens (primary N) is 1. The quantitative estimate of drug-likeness (QED) is 0.645. The third kappa shape index (κ3) is 5.33. The monoisotopic (exact) mass is 441 g/mol. The number of carbonyl (C=O) groups is 1. The number of alkyl halides is 3. The van der Waals surface area contributed by atoms with E-state index in [1.807, 2.05) is 11.8 Å². The van der Waals surface area contributed by atoms with Crippen molar-refractivity contribution >= 4 is 17.4 Å². The fourth-order valence-electron chi connectivity index (χ4n) is 3.81. The van der Waals surface area contributed by atoms with Crippen LogP contribution in [0.2, 0.25) is 0 Å². The molecule has 2 aromatic heterocycles. The van der Waals surface area contributed by atoms with Gasteiger partial charge in [0.2, 0.25) is 5.78 Å². The van der Waals surface area contributed by atoms with Crippen molar-refractivity contribution in [3.63, 3.8) is 0 Å². The Balaban J connectivity index is 0.00000363. The highest BCUT2D eigenvalue weighted by atomic mass is 19.4. The first-order valence-electron chi connectivity index (χ1n) is 10.5. The van der Waals surface area contributed by atoms with Crippen LogP contribution in [0.3, 0.4) is 0 Å². The molecule has 174 valence electrons. The molecule has 0 radical (unpaired) electrons. The molecule has 1 atom stereocenters. The summed E-state index contributed by atoms with van der Waals surface area (Å²) in [5, 5.41) is 3.43. The Hall–Kier alpha value is -2.68. The smallest absolute Gasteiger partial charge is 0.383 e. The van der Waals surface area contributed by atoms with Crippen LogP contribution < -0.4 is 16.0 Å². The summed E-state index contributed by atoms with van der Waals surface area (Å²) in [6.07, 6.45) is -1.69. The molecule has 0 saturated carbocycles. The lowest BCUT2D eigenvalue weighted by molar-refractivity contribution is -0.138. The molecule has 2 aromatic rings. The third-order valence-electron chi connectivity index (χ3n) is 5.36. The molecule has 0 aromatic carbocycles. The van der Waals surface area contributed by atoms with Gasteiger partial charge in [-0.3, -0.25) is 4.79 Å². The van der Waals surface area contributed by atoms with Crippen LogP contribution in [0.15, 0.2) is 24.4 Å². The number of hydrogen-bond acceptors (Lipinski definition) is 6. The molecule has 3 heterocycles. The standard InChI is InChI=1S/C22H28F3N5O.3H2/c1-4-14-10-16(21(26)28-11-14)20(31)19-17(22(23,24)25)5-6-18(29-19)30-8-7-27-15(12-30)9-13(2)3;;;/h5-6,10-11,13,15,27H,4,7-9,12H2,1-3H3,(H2,26,28);3*1H/t15-;;;/m0.../s1. The van der Waals surface area contributed by atoms with E-state index in [1.54, 1.807) is 0 Å². The lowest BCUT2D eigenvalue weighted by Crippen LogP contribution is -2.51. The third-order valence-corrected chi connectivity index (χ3v) is 5.36. The van der Waals surface area contributed by atoms with Crippen molar-refractivity contribution in [1.82, 2.24) is 15.3 Å². The second-order valence-corrected chi connectivity index (χ2v) is 8.25. The Morgan fingerprint density at radius 2 is 2.13 bits per heavy atom. The van der Waals surface area contributed by atoms with Crippen molar-refractivity contribution in [3.05, 3.63) is 46.8 Å². The number of pyridine rings is 2. The number of aryl methyl sites for hydroxylation is 1. The zero-order valence-corrected chi connectivity index (χ0v) is 18.0. The van der Waals surface area contributed by atoms with Gasteiger partial charge in [0.25, 0.3) is 0 Å². The minimum absolute atomic E-state index is 0. The Labute approximate surface area is 184 Å². The first-order valence-corrected chi connectivity index (χ1v) is 10.5. The first-order chi connectivity index (χ1) is 14.6. The maximum absolute atomic E-state index is 13.7. The van der Waals surface area contributed by atoms with Crippen LogP contribution in [0, 0.1) is 5.92 Å². The Morgan fingerprint density at radius 3 is 2.77 bits per heavy atom. The number of nitrogen functional groups attached to an aromatic ring is 1. The number of halogens is 3. The zero-order valence-electron chi connectivity index (χ0n) is 18.0. The molecule has 3 rings (SSSR count). The molecule has 1 saturated heterocycles. The van der Waals surface area contributed by atoms with Gasteiger partial charge in [-0.2, -0.15) is 13.2 Å². The van der Waals surface area contributed by atoms with Gasteiger partial charge in [0.05, 0.1) is 11.1 Å². The molecule has 3 N–H and O–H groups in total. The van der Waals surface area contributed by atoms with E-state index in [0.29, 0.717) is 43.4 Å². The van der Waals surface area contributed by atoms with E-state index in [1.165, 1.54) is 18.3 Å². The van der Waals surface area contributed by atoms with Crippen molar-refractivity contribution in [2.24, 2.45) is 5.92 Å². The summed E-state index contributed by atoms with van der Waals surface area (Å²) in [5.41, 5.74) is 4.75. The van der Waals surface area contributed by atoms with Gasteiger partial charge in [0.1, 0.15) is 17.3 Å². The van der Waals surface area contributed by atoms with E-state index >= 15 is 0 Å². The normalized spacial score (nSPS) is 17.3. The summed E-state index contributed by atoms with van der Waals surface area (Å²) in [5.74, 6) is -0.147. The zero-order chi connectivity index (χ0) is 22.8. The minimum Gasteiger partial charge on any atom is -0.383 e. The maximum atomic E-state index is 13.7. The summed E-state index contributed by atoms with van der Waals surface area (Å²) >= 11 is 0. The van der Waals surface area contributed by atoms with Gasteiger partial charge in [0, 0.05) is 36.2 Å². The van der Waals surface area contributed by atoms with Crippen LogP contribution >= 0.6 is 0 Å². The van der Waals surface area contributed by atoms with Crippen molar-refractivity contribution in [3.8, 4) is 0 Å². The molecule has 1 aliphatic rings. The molecule has 0 amide bonds. The fourth-order valence-corrected chi connectivity index (χ4v) is 3.81. The van der Waals surface area contributed by atoms with Crippen LogP contribution in [0.25, 0.3) is 0 Å². The van der Waals surface area contributed by atoms with Crippen molar-refractivity contribution < 1.29 is 22.2 Å². The van der Waals surface area contributed by atoms with E-state index in [2.05, 4.69) is 29.1 Å². The maximum Gasteiger partial charge on any atom is 0.418 e. The number of rotatable bonds is 6. The van der Waals surface area contributed by atoms with Gasteiger partial charge in [-0.05, 0) is 42.5 Å². The minimum atomic E-state index is -4.72. The SMILES string of the molecule is CCc1cnc(N)c(C(=O)c2nc(N3CCN[C@@H](CC(C)C)C3)ccc2C(F)(F)F)c1.[HH].[HH].[HH]. The van der Waals surface area contributed by atoms with Crippen molar-refractivity contribution in [1.29, 1.82) is 0 Å². The van der Waals surface area contributed by atoms with E-state index in [0.717, 1.165) is 12.5 Å². The number of anilines is 2. The Bertz CT molecular complexity index is 960. The van der Waals surface area contributed by atoms with Crippen LogP contribution in [-0.2, 0) is 12.6 Å². The van der Waals surface area contributed by atoms with E-state index in [4.69, 9.17) is 5.73 Å². The van der Waals surface area contributed by atoms with E-state index in [-0.39, 0.29) is 21.7 Å². The Kier molecular flexibility index (Phi) is 6.83. The van der Waals surface area contributed by atoms with Crippen LogP contribution in [0.1, 0.15) is 58.7 Å². The molecule has 31 heavy (non-hydrogen) atoms. The number of nitrogens with zero attached hydrogens (tertiary/aromatic N) is 3. The van der Waals surface area contributed by atoms with Crippen molar-refractivity contribution in [2.75, 3.05) is 30.3 Å². The predicted molar refractivity (Wildman–Crippen MR) is 120 cm³/mol. The second kappa shape index (κ2) is 9.21. The van der Waals surface area contributed by atoms with Gasteiger partial charge < -0.3 is 16.0 Å². The largest absolute Gasteiger partial charge is 0.418 e. The number of piperazine rings is 1. The highest BCUT2D eigenvalue weighted by molar-refractivity contribution is 6.11. The van der Waals surface area contributed by atoms with Gasteiger partial charge in [-0.15, -0.1) is 0 Å². The summed E-state index contributed by atoms with van der Waals surface area (Å²) in [7, 11) is 0. The molecule has 1 aliphatic heterocycles. The molecule has 6 nitrogen and oxygen atoms in total. The topological polar surface area (TPSA) is 84.1 Å². The van der Waals surface area contributed by atoms with Gasteiger partial charge >= 0.3 is 6.18 Å². The van der Waals surface area contributed by atoms with Crippen LogP contribution in [-0.4, -0.2) is 41.4 Å². The first kappa shape index (κ1) is 23.0. The Morgan fingerprint density at radius 1 is 1.39 bits per heavy atom. The number of nitrogens with one attached hydrogen (secondary N) is 1. The molecule has 0 aliphatic carbocycles. The highest BCUT2D eigenvalue weighted by Gasteiger charge is 2.37. The number of aromatic nitrogens is 2. The van der Waals surface area contributed by atoms with Crippen LogP contribution in [0.4, 0.5) is 24.8 Å². The number of hydrogen-bond donors (Lipinski definition) is 2. The number of ketones is 1.